The summed E-state index contributed by atoms with van der Waals surface area (Å²) in [6.07, 6.45) is 2.88. The van der Waals surface area contributed by atoms with Crippen molar-refractivity contribution >= 4 is 17.6 Å². The summed E-state index contributed by atoms with van der Waals surface area (Å²) in [5.74, 6) is 1.30. The van der Waals surface area contributed by atoms with Crippen LogP contribution >= 0.6 is 11.6 Å². The third kappa shape index (κ3) is 4.13. The number of halogens is 1. The van der Waals surface area contributed by atoms with Crippen LogP contribution in [0, 0.1) is 0 Å². The van der Waals surface area contributed by atoms with Crippen LogP contribution < -0.4 is 10.1 Å². The van der Waals surface area contributed by atoms with Crippen molar-refractivity contribution in [3.63, 3.8) is 0 Å². The molecule has 0 radical (unpaired) electrons. The maximum atomic E-state index is 12.5. The number of hydrogen-bond acceptors (Lipinski definition) is 2. The Morgan fingerprint density at radius 3 is 2.42 bits per heavy atom. The average molecular weight is 371 g/mol. The van der Waals surface area contributed by atoms with Gasteiger partial charge in [-0.3, -0.25) is 0 Å². The van der Waals surface area contributed by atoms with E-state index in [1.54, 1.807) is 0 Å². The van der Waals surface area contributed by atoms with Crippen molar-refractivity contribution in [1.82, 2.24) is 10.2 Å². The number of nitrogens with zero attached hydrogens (tertiary/aromatic N) is 1. The summed E-state index contributed by atoms with van der Waals surface area (Å²) in [5.41, 5.74) is 1.31. The zero-order valence-corrected chi connectivity index (χ0v) is 15.4. The van der Waals surface area contributed by atoms with Crippen LogP contribution in [-0.4, -0.2) is 36.2 Å². The molecule has 2 aromatic rings. The lowest BCUT2D eigenvalue weighted by Gasteiger charge is -2.32. The van der Waals surface area contributed by atoms with Gasteiger partial charge in [0, 0.05) is 42.9 Å². The quantitative estimate of drug-likeness (QED) is 0.863. The molecule has 4 nitrogen and oxygen atoms in total. The van der Waals surface area contributed by atoms with Crippen LogP contribution in [0.25, 0.3) is 0 Å². The van der Waals surface area contributed by atoms with E-state index >= 15 is 0 Å². The van der Waals surface area contributed by atoms with Crippen molar-refractivity contribution in [3.05, 3.63) is 65.2 Å². The van der Waals surface area contributed by atoms with Crippen molar-refractivity contribution in [3.8, 4) is 5.75 Å². The highest BCUT2D eigenvalue weighted by Crippen LogP contribution is 2.40. The highest BCUT2D eigenvalue weighted by molar-refractivity contribution is 6.30. The summed E-state index contributed by atoms with van der Waals surface area (Å²) >= 11 is 5.90. The SMILES string of the molecule is O=C(N[C@H]1C[C@@H]1c1ccccc1)N1CCC(Oc2ccc(Cl)cc2)CC1. The van der Waals surface area contributed by atoms with Gasteiger partial charge in [-0.1, -0.05) is 41.9 Å². The number of piperidine rings is 1. The molecule has 2 aromatic carbocycles. The number of benzene rings is 2. The van der Waals surface area contributed by atoms with Crippen LogP contribution in [0.3, 0.4) is 0 Å². The molecule has 2 amide bonds. The van der Waals surface area contributed by atoms with E-state index in [4.69, 9.17) is 16.3 Å². The Morgan fingerprint density at radius 2 is 1.73 bits per heavy atom. The average Bonchev–Trinajstić information content (AvgIpc) is 3.44. The topological polar surface area (TPSA) is 41.6 Å². The molecule has 1 aliphatic carbocycles. The molecule has 0 spiro atoms. The number of amides is 2. The number of rotatable bonds is 4. The minimum Gasteiger partial charge on any atom is -0.490 e. The Kier molecular flexibility index (Phi) is 5.02. The van der Waals surface area contributed by atoms with E-state index in [9.17, 15) is 4.79 Å². The van der Waals surface area contributed by atoms with Gasteiger partial charge in [0.15, 0.2) is 0 Å². The van der Waals surface area contributed by atoms with Gasteiger partial charge in [-0.25, -0.2) is 4.79 Å². The zero-order chi connectivity index (χ0) is 17.9. The van der Waals surface area contributed by atoms with Crippen molar-refractivity contribution in [2.75, 3.05) is 13.1 Å². The number of hydrogen-bond donors (Lipinski definition) is 1. The second kappa shape index (κ2) is 7.58. The van der Waals surface area contributed by atoms with Gasteiger partial charge in [-0.2, -0.15) is 0 Å². The zero-order valence-electron chi connectivity index (χ0n) is 14.6. The lowest BCUT2D eigenvalue weighted by atomic mass is 10.1. The van der Waals surface area contributed by atoms with Gasteiger partial charge < -0.3 is 15.0 Å². The van der Waals surface area contributed by atoms with E-state index in [1.807, 2.05) is 35.2 Å². The second-order valence-corrected chi connectivity index (χ2v) is 7.50. The number of nitrogens with one attached hydrogen (secondary N) is 1. The molecule has 0 bridgehead atoms. The van der Waals surface area contributed by atoms with Crippen LogP contribution in [0.5, 0.6) is 5.75 Å². The van der Waals surface area contributed by atoms with Gasteiger partial charge in [0.2, 0.25) is 0 Å². The van der Waals surface area contributed by atoms with Gasteiger partial charge in [0.05, 0.1) is 0 Å². The molecule has 4 rings (SSSR count). The predicted octanol–water partition coefficient (Wildman–Crippen LogP) is 4.45. The van der Waals surface area contributed by atoms with Crippen molar-refractivity contribution in [2.24, 2.45) is 0 Å². The summed E-state index contributed by atoms with van der Waals surface area (Å²) in [6, 6.07) is 18.2. The highest BCUT2D eigenvalue weighted by Gasteiger charge is 2.40. The maximum absolute atomic E-state index is 12.5. The summed E-state index contributed by atoms with van der Waals surface area (Å²) in [5, 5.41) is 3.88. The normalized spacial score (nSPS) is 22.7. The third-order valence-corrected chi connectivity index (χ3v) is 5.42. The molecule has 1 saturated heterocycles. The standard InChI is InChI=1S/C21H23ClN2O2/c22-16-6-8-17(9-7-16)26-18-10-12-24(13-11-18)21(25)23-20-14-19(20)15-4-2-1-3-5-15/h1-9,18-20H,10-14H2,(H,23,25)/t19-,20+/m1/s1. The first kappa shape index (κ1) is 17.2. The van der Waals surface area contributed by atoms with Crippen molar-refractivity contribution in [2.45, 2.75) is 37.3 Å². The Bertz CT molecular complexity index is 742. The molecular formula is C21H23ClN2O2. The molecule has 26 heavy (non-hydrogen) atoms. The summed E-state index contributed by atoms with van der Waals surface area (Å²) in [7, 11) is 0. The first-order chi connectivity index (χ1) is 12.7. The highest BCUT2D eigenvalue weighted by atomic mass is 35.5. The molecule has 0 aromatic heterocycles. The van der Waals surface area contributed by atoms with Gasteiger partial charge in [-0.15, -0.1) is 0 Å². The monoisotopic (exact) mass is 370 g/mol. The molecule has 136 valence electrons. The summed E-state index contributed by atoms with van der Waals surface area (Å²) < 4.78 is 5.99. The van der Waals surface area contributed by atoms with Gasteiger partial charge in [0.25, 0.3) is 0 Å². The fourth-order valence-corrected chi connectivity index (χ4v) is 3.68. The number of likely N-dealkylation sites (tertiary alicyclic amines) is 1. The maximum Gasteiger partial charge on any atom is 0.317 e. The fourth-order valence-electron chi connectivity index (χ4n) is 3.56. The van der Waals surface area contributed by atoms with E-state index in [1.165, 1.54) is 5.56 Å². The molecular weight excluding hydrogens is 348 g/mol. The number of ether oxygens (including phenoxy) is 1. The van der Waals surface area contributed by atoms with E-state index in [2.05, 4.69) is 29.6 Å². The number of carbonyl (C=O) groups is 1. The molecule has 1 aliphatic heterocycles. The molecule has 5 heteroatoms. The molecule has 0 unspecified atom stereocenters. The van der Waals surface area contributed by atoms with E-state index in [0.717, 1.165) is 38.1 Å². The molecule has 2 aliphatic rings. The second-order valence-electron chi connectivity index (χ2n) is 7.07. The number of urea groups is 1. The first-order valence-corrected chi connectivity index (χ1v) is 9.59. The number of carbonyl (C=O) groups excluding carboxylic acids is 1. The Balaban J connectivity index is 1.22. The fraction of sp³-hybridized carbons (Fsp3) is 0.381. The molecule has 2 fully saturated rings. The summed E-state index contributed by atoms with van der Waals surface area (Å²) in [6.45, 7) is 1.46. The minimum atomic E-state index is 0.0541. The van der Waals surface area contributed by atoms with Crippen molar-refractivity contribution < 1.29 is 9.53 Å². The Morgan fingerprint density at radius 1 is 1.04 bits per heavy atom. The molecule has 2 atom stereocenters. The Hall–Kier alpha value is -2.20. The molecule has 1 saturated carbocycles. The van der Waals surface area contributed by atoms with Crippen molar-refractivity contribution in [1.29, 1.82) is 0 Å². The van der Waals surface area contributed by atoms with Crippen LogP contribution in [0.1, 0.15) is 30.7 Å². The van der Waals surface area contributed by atoms with Crippen LogP contribution in [0.4, 0.5) is 4.79 Å². The molecule has 1 N–H and O–H groups in total. The van der Waals surface area contributed by atoms with Gasteiger partial charge >= 0.3 is 6.03 Å². The van der Waals surface area contributed by atoms with Crippen LogP contribution in [0.2, 0.25) is 5.02 Å². The van der Waals surface area contributed by atoms with E-state index in [-0.39, 0.29) is 18.2 Å². The Labute approximate surface area is 159 Å². The van der Waals surface area contributed by atoms with E-state index < -0.39 is 0 Å². The van der Waals surface area contributed by atoms with E-state index in [0.29, 0.717) is 10.9 Å². The lowest BCUT2D eigenvalue weighted by Crippen LogP contribution is -2.47. The van der Waals surface area contributed by atoms with Gasteiger partial charge in [0.1, 0.15) is 11.9 Å². The summed E-state index contributed by atoms with van der Waals surface area (Å²) in [4.78, 5) is 14.4. The van der Waals surface area contributed by atoms with Crippen LogP contribution in [0.15, 0.2) is 54.6 Å². The van der Waals surface area contributed by atoms with Gasteiger partial charge in [-0.05, 0) is 36.2 Å². The smallest absolute Gasteiger partial charge is 0.317 e. The molecule has 1 heterocycles. The largest absolute Gasteiger partial charge is 0.490 e. The lowest BCUT2D eigenvalue weighted by molar-refractivity contribution is 0.111. The first-order valence-electron chi connectivity index (χ1n) is 9.21. The predicted molar refractivity (Wildman–Crippen MR) is 103 cm³/mol. The third-order valence-electron chi connectivity index (χ3n) is 5.17. The minimum absolute atomic E-state index is 0.0541. The van der Waals surface area contributed by atoms with Crippen LogP contribution in [-0.2, 0) is 0 Å².